The number of methoxy groups -OCH3 is 1. The van der Waals surface area contributed by atoms with Crippen LogP contribution in [-0.4, -0.2) is 56.0 Å². The molecule has 0 radical (unpaired) electrons. The molecule has 2 aliphatic carbocycles. The van der Waals surface area contributed by atoms with Gasteiger partial charge in [0.2, 0.25) is 11.8 Å². The zero-order valence-corrected chi connectivity index (χ0v) is 24.9. The SMILES string of the molecule is COc1cccc(O)c1[C@H]1C2=CC[C@@H]3C(=O)N(C(C)(C)C)C(=O)[C@@H]3[C@@H]2C[C@@]2(Cl)C(=O)N(c3ccc(F)cc3)C(=O)[C@@]12Cl. The number of carbonyl (C=O) groups is 4. The third-order valence-electron chi connectivity index (χ3n) is 9.12. The summed E-state index contributed by atoms with van der Waals surface area (Å²) >= 11 is 14.6. The molecule has 4 amide bonds. The van der Waals surface area contributed by atoms with Gasteiger partial charge in [0.1, 0.15) is 17.3 Å². The molecule has 1 N–H and O–H groups in total. The second-order valence-electron chi connectivity index (χ2n) is 12.3. The number of alkyl halides is 2. The minimum atomic E-state index is -2.17. The summed E-state index contributed by atoms with van der Waals surface area (Å²) < 4.78 is 19.4. The van der Waals surface area contributed by atoms with E-state index < -0.39 is 56.6 Å². The van der Waals surface area contributed by atoms with Crippen molar-refractivity contribution in [3.8, 4) is 11.5 Å². The first-order chi connectivity index (χ1) is 19.7. The van der Waals surface area contributed by atoms with Crippen LogP contribution in [-0.2, 0) is 19.2 Å². The largest absolute Gasteiger partial charge is 0.508 e. The van der Waals surface area contributed by atoms with Crippen molar-refractivity contribution in [2.75, 3.05) is 12.0 Å². The Labute approximate surface area is 252 Å². The topological polar surface area (TPSA) is 104 Å². The molecule has 6 atom stereocenters. The van der Waals surface area contributed by atoms with E-state index >= 15 is 0 Å². The quantitative estimate of drug-likeness (QED) is 0.299. The van der Waals surface area contributed by atoms with Crippen LogP contribution >= 0.6 is 23.2 Å². The average molecular weight is 615 g/mol. The van der Waals surface area contributed by atoms with Gasteiger partial charge in [-0.2, -0.15) is 0 Å². The second kappa shape index (κ2) is 9.28. The molecule has 42 heavy (non-hydrogen) atoms. The van der Waals surface area contributed by atoms with Crippen LogP contribution in [0.1, 0.15) is 45.1 Å². The molecule has 0 aromatic heterocycles. The maximum Gasteiger partial charge on any atom is 0.258 e. The van der Waals surface area contributed by atoms with Crippen molar-refractivity contribution in [2.24, 2.45) is 17.8 Å². The van der Waals surface area contributed by atoms with Gasteiger partial charge < -0.3 is 9.84 Å². The van der Waals surface area contributed by atoms with Crippen LogP contribution in [0, 0.1) is 23.6 Å². The highest BCUT2D eigenvalue weighted by atomic mass is 35.5. The molecule has 2 aromatic rings. The number of allylic oxidation sites excluding steroid dienone is 2. The lowest BCUT2D eigenvalue weighted by Crippen LogP contribution is -2.60. The normalized spacial score (nSPS) is 32.5. The van der Waals surface area contributed by atoms with Crippen molar-refractivity contribution < 1.29 is 33.4 Å². The van der Waals surface area contributed by atoms with Gasteiger partial charge in [0, 0.05) is 17.0 Å². The van der Waals surface area contributed by atoms with Gasteiger partial charge in [-0.3, -0.25) is 24.1 Å². The molecule has 4 aliphatic rings. The van der Waals surface area contributed by atoms with Crippen LogP contribution in [0.25, 0.3) is 0 Å². The van der Waals surface area contributed by atoms with E-state index in [9.17, 15) is 28.7 Å². The standard InChI is InChI=1S/C31H29Cl2FN2O6/c1-29(2,3)36-25(38)18-13-12-17-19(22(18)26(36)39)14-30(32)27(40)35(16-10-8-15(34)9-11-16)28(41)31(30,33)24(17)23-20(37)6-5-7-21(23)42-4/h5-12,18-19,22,24,37H,13-14H2,1-4H3/t18-,19+,22-,24+,30+,31-/m0/s1. The Bertz CT molecular complexity index is 1590. The molecule has 3 fully saturated rings. The highest BCUT2D eigenvalue weighted by Gasteiger charge is 2.77. The summed E-state index contributed by atoms with van der Waals surface area (Å²) in [6, 6.07) is 9.34. The number of hydrogen-bond donors (Lipinski definition) is 1. The van der Waals surface area contributed by atoms with Gasteiger partial charge in [0.25, 0.3) is 11.8 Å². The number of fused-ring (bicyclic) bond motifs is 4. The number of halogens is 3. The summed E-state index contributed by atoms with van der Waals surface area (Å²) in [6.07, 6.45) is 1.78. The molecule has 6 rings (SSSR count). The number of imide groups is 2. The number of hydrogen-bond acceptors (Lipinski definition) is 6. The fraction of sp³-hybridized carbons (Fsp3) is 0.419. The number of carbonyl (C=O) groups excluding carboxylic acids is 4. The number of benzene rings is 2. The Morgan fingerprint density at radius 1 is 0.976 bits per heavy atom. The van der Waals surface area contributed by atoms with Crippen molar-refractivity contribution in [2.45, 2.75) is 54.8 Å². The number of ether oxygens (including phenoxy) is 1. The van der Waals surface area contributed by atoms with E-state index in [2.05, 4.69) is 0 Å². The zero-order chi connectivity index (χ0) is 30.5. The molecule has 220 valence electrons. The van der Waals surface area contributed by atoms with Crippen LogP contribution in [0.2, 0.25) is 0 Å². The lowest BCUT2D eigenvalue weighted by molar-refractivity contribution is -0.145. The maximum absolute atomic E-state index is 14.4. The van der Waals surface area contributed by atoms with Gasteiger partial charge in [-0.05, 0) is 75.9 Å². The number of rotatable bonds is 3. The zero-order valence-electron chi connectivity index (χ0n) is 23.4. The van der Waals surface area contributed by atoms with Gasteiger partial charge in [-0.1, -0.05) is 17.7 Å². The summed E-state index contributed by atoms with van der Waals surface area (Å²) in [5.41, 5.74) is -0.0410. The van der Waals surface area contributed by atoms with E-state index in [1.165, 1.54) is 30.2 Å². The number of phenolic OH excluding ortho intramolecular Hbond substituents is 1. The van der Waals surface area contributed by atoms with Crippen molar-refractivity contribution in [1.82, 2.24) is 4.90 Å². The van der Waals surface area contributed by atoms with Gasteiger partial charge in [0.15, 0.2) is 9.75 Å². The first-order valence-electron chi connectivity index (χ1n) is 13.6. The third kappa shape index (κ3) is 3.59. The predicted octanol–water partition coefficient (Wildman–Crippen LogP) is 4.90. The third-order valence-corrected chi connectivity index (χ3v) is 10.5. The Balaban J connectivity index is 1.60. The average Bonchev–Trinajstić information content (AvgIpc) is 3.28. The first kappa shape index (κ1) is 28.7. The van der Waals surface area contributed by atoms with Crippen molar-refractivity contribution >= 4 is 52.5 Å². The minimum Gasteiger partial charge on any atom is -0.508 e. The minimum absolute atomic E-state index is 0.0738. The lowest BCUT2D eigenvalue weighted by Gasteiger charge is -2.51. The number of amides is 4. The summed E-state index contributed by atoms with van der Waals surface area (Å²) in [7, 11) is 1.39. The number of nitrogens with zero attached hydrogens (tertiary/aromatic N) is 2. The van der Waals surface area contributed by atoms with E-state index in [1.54, 1.807) is 39.0 Å². The number of likely N-dealkylation sites (tertiary alicyclic amines) is 1. The first-order valence-corrected chi connectivity index (χ1v) is 14.4. The van der Waals surface area contributed by atoms with Crippen molar-refractivity contribution in [3.05, 3.63) is 65.5 Å². The Morgan fingerprint density at radius 2 is 1.64 bits per heavy atom. The lowest BCUT2D eigenvalue weighted by atomic mass is 9.56. The summed E-state index contributed by atoms with van der Waals surface area (Å²) in [6.45, 7) is 5.33. The number of aromatic hydroxyl groups is 1. The van der Waals surface area contributed by atoms with Gasteiger partial charge in [-0.15, -0.1) is 23.2 Å². The Hall–Kier alpha value is -3.43. The molecule has 0 spiro atoms. The smallest absolute Gasteiger partial charge is 0.258 e. The van der Waals surface area contributed by atoms with E-state index in [0.29, 0.717) is 5.57 Å². The van der Waals surface area contributed by atoms with E-state index in [-0.39, 0.29) is 47.4 Å². The molecular formula is C31H29Cl2FN2O6. The van der Waals surface area contributed by atoms with E-state index in [4.69, 9.17) is 27.9 Å². The summed E-state index contributed by atoms with van der Waals surface area (Å²) in [5.74, 6) is -6.47. The molecular weight excluding hydrogens is 586 g/mol. The second-order valence-corrected chi connectivity index (χ2v) is 13.6. The molecule has 0 bridgehead atoms. The van der Waals surface area contributed by atoms with Crippen molar-refractivity contribution in [1.29, 1.82) is 0 Å². The van der Waals surface area contributed by atoms with Crippen molar-refractivity contribution in [3.63, 3.8) is 0 Å². The molecule has 2 heterocycles. The molecule has 2 saturated heterocycles. The molecule has 0 unspecified atom stereocenters. The van der Waals surface area contributed by atoms with Gasteiger partial charge in [-0.25, -0.2) is 9.29 Å². The summed E-state index contributed by atoms with van der Waals surface area (Å²) in [4.78, 5) is 53.9. The maximum atomic E-state index is 14.4. The predicted molar refractivity (Wildman–Crippen MR) is 153 cm³/mol. The highest BCUT2D eigenvalue weighted by Crippen LogP contribution is 2.67. The highest BCUT2D eigenvalue weighted by molar-refractivity contribution is 6.58. The van der Waals surface area contributed by atoms with Gasteiger partial charge >= 0.3 is 0 Å². The number of phenols is 1. The van der Waals surface area contributed by atoms with Crippen LogP contribution < -0.4 is 9.64 Å². The van der Waals surface area contributed by atoms with Crippen LogP contribution in [0.5, 0.6) is 11.5 Å². The Morgan fingerprint density at radius 3 is 2.26 bits per heavy atom. The Kier molecular flexibility index (Phi) is 6.34. The fourth-order valence-corrected chi connectivity index (χ4v) is 8.30. The molecule has 1 saturated carbocycles. The van der Waals surface area contributed by atoms with Gasteiger partial charge in [0.05, 0.1) is 24.6 Å². The van der Waals surface area contributed by atoms with Crippen LogP contribution in [0.15, 0.2) is 54.1 Å². The van der Waals surface area contributed by atoms with Crippen LogP contribution in [0.4, 0.5) is 10.1 Å². The molecule has 2 aromatic carbocycles. The number of anilines is 1. The fourth-order valence-electron chi connectivity index (χ4n) is 7.38. The molecule has 2 aliphatic heterocycles. The van der Waals surface area contributed by atoms with E-state index in [1.807, 2.05) is 0 Å². The van der Waals surface area contributed by atoms with Crippen LogP contribution in [0.3, 0.4) is 0 Å². The summed E-state index contributed by atoms with van der Waals surface area (Å²) in [5, 5.41) is 11.2. The van der Waals surface area contributed by atoms with E-state index in [0.717, 1.165) is 17.0 Å². The molecule has 11 heteroatoms. The molecule has 8 nitrogen and oxygen atoms in total. The monoisotopic (exact) mass is 614 g/mol.